The average Bonchev–Trinajstić information content (AvgIpc) is 2.17. The van der Waals surface area contributed by atoms with Gasteiger partial charge in [-0.05, 0) is 12.1 Å². The first kappa shape index (κ1) is 7.16. The molecule has 0 amide bonds. The molecule has 62 valence electrons. The maximum Gasteiger partial charge on any atom is 0.128 e. The number of benzene rings is 1. The number of fused-ring (bicyclic) bond motifs is 1. The summed E-state index contributed by atoms with van der Waals surface area (Å²) in [7, 11) is 0. The summed E-state index contributed by atoms with van der Waals surface area (Å²) in [5, 5.41) is 11.9. The normalized spacial score (nSPS) is 18.5. The number of rotatable bonds is 0. The largest absolute Gasteiger partial charge is 0.492 e. The Hall–Kier alpha value is -1.51. The van der Waals surface area contributed by atoms with E-state index in [1.54, 1.807) is 0 Å². The van der Waals surface area contributed by atoms with Gasteiger partial charge in [0.2, 0.25) is 0 Å². The Morgan fingerprint density at radius 2 is 2.17 bits per heavy atom. The number of hydrogen-bond donors (Lipinski definition) is 1. The van der Waals surface area contributed by atoms with Crippen LogP contribution < -0.4 is 4.74 Å². The van der Waals surface area contributed by atoms with Gasteiger partial charge in [-0.2, -0.15) is 0 Å². The van der Waals surface area contributed by atoms with E-state index >= 15 is 0 Å². The van der Waals surface area contributed by atoms with Gasteiger partial charge in [0.15, 0.2) is 0 Å². The molecule has 1 aliphatic heterocycles. The minimum absolute atomic E-state index is 0.594. The molecule has 1 aromatic rings. The van der Waals surface area contributed by atoms with E-state index in [9.17, 15) is 0 Å². The first-order valence-corrected chi connectivity index (χ1v) is 3.85. The van der Waals surface area contributed by atoms with Gasteiger partial charge in [-0.25, -0.2) is 0 Å². The van der Waals surface area contributed by atoms with Gasteiger partial charge in [-0.3, -0.25) is 0 Å². The summed E-state index contributed by atoms with van der Waals surface area (Å²) in [6, 6.07) is 7.57. The molecule has 0 fully saturated rings. The fourth-order valence-electron chi connectivity index (χ4n) is 1.33. The smallest absolute Gasteiger partial charge is 0.128 e. The van der Waals surface area contributed by atoms with Gasteiger partial charge < -0.3 is 9.94 Å². The van der Waals surface area contributed by atoms with Crippen LogP contribution in [-0.4, -0.2) is 17.5 Å². The molecule has 3 nitrogen and oxygen atoms in total. The fraction of sp³-hybridized carbons (Fsp3) is 0.222. The Bertz CT molecular complexity index is 320. The molecular weight excluding hydrogens is 154 g/mol. The Kier molecular flexibility index (Phi) is 1.70. The third kappa shape index (κ3) is 1.03. The molecule has 1 aliphatic rings. The van der Waals surface area contributed by atoms with E-state index in [0.717, 1.165) is 11.3 Å². The highest BCUT2D eigenvalue weighted by Crippen LogP contribution is 2.23. The summed E-state index contributed by atoms with van der Waals surface area (Å²) in [4.78, 5) is 0. The summed E-state index contributed by atoms with van der Waals surface area (Å²) in [6.07, 6.45) is 0.674. The molecule has 0 bridgehead atoms. The predicted molar refractivity (Wildman–Crippen MR) is 44.9 cm³/mol. The minimum Gasteiger partial charge on any atom is -0.492 e. The number of para-hydroxylation sites is 1. The summed E-state index contributed by atoms with van der Waals surface area (Å²) in [5.74, 6) is 0.802. The van der Waals surface area contributed by atoms with Crippen LogP contribution in [0.4, 0.5) is 0 Å². The lowest BCUT2D eigenvalue weighted by Gasteiger charge is -2.17. The van der Waals surface area contributed by atoms with Crippen molar-refractivity contribution in [1.29, 1.82) is 0 Å². The van der Waals surface area contributed by atoms with Gasteiger partial charge in [0.25, 0.3) is 0 Å². The summed E-state index contributed by atoms with van der Waals surface area (Å²) in [6.45, 7) is 0.594. The number of nitrogens with zero attached hydrogens (tertiary/aromatic N) is 1. The number of ether oxygens (including phenoxy) is 1. The Morgan fingerprint density at radius 3 is 3.00 bits per heavy atom. The molecule has 0 atom stereocenters. The van der Waals surface area contributed by atoms with Crippen molar-refractivity contribution in [3.63, 3.8) is 0 Å². The van der Waals surface area contributed by atoms with Crippen LogP contribution in [0.15, 0.2) is 29.4 Å². The van der Waals surface area contributed by atoms with Crippen LogP contribution in [0.2, 0.25) is 0 Å². The fourth-order valence-corrected chi connectivity index (χ4v) is 1.33. The van der Waals surface area contributed by atoms with Crippen molar-refractivity contribution in [3.8, 4) is 5.75 Å². The van der Waals surface area contributed by atoms with Gasteiger partial charge in [0.1, 0.15) is 5.75 Å². The second-order valence-corrected chi connectivity index (χ2v) is 2.64. The van der Waals surface area contributed by atoms with Crippen LogP contribution >= 0.6 is 0 Å². The maximum atomic E-state index is 8.67. The third-order valence-corrected chi connectivity index (χ3v) is 1.92. The molecule has 0 unspecified atom stereocenters. The second kappa shape index (κ2) is 2.85. The molecule has 1 N–H and O–H groups in total. The van der Waals surface area contributed by atoms with Crippen molar-refractivity contribution in [3.05, 3.63) is 29.8 Å². The molecule has 2 rings (SSSR count). The first-order chi connectivity index (χ1) is 5.92. The lowest BCUT2D eigenvalue weighted by atomic mass is 10.0. The lowest BCUT2D eigenvalue weighted by molar-refractivity contribution is 0.298. The highest BCUT2D eigenvalue weighted by molar-refractivity contribution is 6.03. The lowest BCUT2D eigenvalue weighted by Crippen LogP contribution is -2.15. The van der Waals surface area contributed by atoms with Crippen LogP contribution in [-0.2, 0) is 0 Å². The van der Waals surface area contributed by atoms with E-state index in [1.807, 2.05) is 24.3 Å². The molecule has 12 heavy (non-hydrogen) atoms. The first-order valence-electron chi connectivity index (χ1n) is 3.85. The molecular formula is C9H9NO2. The highest BCUT2D eigenvalue weighted by Gasteiger charge is 2.15. The van der Waals surface area contributed by atoms with Crippen molar-refractivity contribution in [2.24, 2.45) is 5.16 Å². The SMILES string of the molecule is O/N=C1/CCOc2ccccc21. The monoisotopic (exact) mass is 163 g/mol. The minimum atomic E-state index is 0.594. The van der Waals surface area contributed by atoms with Crippen molar-refractivity contribution in [1.82, 2.24) is 0 Å². The summed E-state index contributed by atoms with van der Waals surface area (Å²) in [5.41, 5.74) is 1.60. The van der Waals surface area contributed by atoms with Gasteiger partial charge in [-0.15, -0.1) is 0 Å². The van der Waals surface area contributed by atoms with Crippen molar-refractivity contribution in [2.75, 3.05) is 6.61 Å². The van der Waals surface area contributed by atoms with Crippen LogP contribution in [0.1, 0.15) is 12.0 Å². The van der Waals surface area contributed by atoms with Crippen LogP contribution in [0, 0.1) is 0 Å². The Labute approximate surface area is 70.3 Å². The summed E-state index contributed by atoms with van der Waals surface area (Å²) >= 11 is 0. The second-order valence-electron chi connectivity index (χ2n) is 2.64. The van der Waals surface area contributed by atoms with Crippen LogP contribution in [0.5, 0.6) is 5.75 Å². The summed E-state index contributed by atoms with van der Waals surface area (Å²) < 4.78 is 5.36. The maximum absolute atomic E-state index is 8.67. The number of hydrogen-bond acceptors (Lipinski definition) is 3. The Balaban J connectivity index is 2.51. The predicted octanol–water partition coefficient (Wildman–Crippen LogP) is 1.65. The van der Waals surface area contributed by atoms with E-state index in [2.05, 4.69) is 5.16 Å². The van der Waals surface area contributed by atoms with Gasteiger partial charge in [0.05, 0.1) is 12.3 Å². The molecule has 3 heteroatoms. The highest BCUT2D eigenvalue weighted by atomic mass is 16.5. The molecule has 0 aliphatic carbocycles. The van der Waals surface area contributed by atoms with Gasteiger partial charge in [0, 0.05) is 12.0 Å². The van der Waals surface area contributed by atoms with E-state index in [0.29, 0.717) is 18.7 Å². The molecule has 0 saturated carbocycles. The van der Waals surface area contributed by atoms with E-state index in [4.69, 9.17) is 9.94 Å². The zero-order valence-corrected chi connectivity index (χ0v) is 6.53. The van der Waals surface area contributed by atoms with Crippen molar-refractivity contribution < 1.29 is 9.94 Å². The quantitative estimate of drug-likeness (QED) is 0.466. The van der Waals surface area contributed by atoms with Crippen molar-refractivity contribution >= 4 is 5.71 Å². The zero-order chi connectivity index (χ0) is 8.39. The molecule has 0 saturated heterocycles. The van der Waals surface area contributed by atoms with Crippen LogP contribution in [0.3, 0.4) is 0 Å². The van der Waals surface area contributed by atoms with Crippen LogP contribution in [0.25, 0.3) is 0 Å². The Morgan fingerprint density at radius 1 is 1.33 bits per heavy atom. The molecule has 1 aromatic carbocycles. The zero-order valence-electron chi connectivity index (χ0n) is 6.53. The number of oxime groups is 1. The molecule has 0 radical (unpaired) electrons. The topological polar surface area (TPSA) is 41.8 Å². The third-order valence-electron chi connectivity index (χ3n) is 1.92. The molecule has 1 heterocycles. The van der Waals surface area contributed by atoms with Crippen molar-refractivity contribution in [2.45, 2.75) is 6.42 Å². The van der Waals surface area contributed by atoms with E-state index < -0.39 is 0 Å². The standard InChI is InChI=1S/C9H9NO2/c11-10-8-5-6-12-9-4-2-1-3-7(8)9/h1-4,11H,5-6H2/b10-8-. The van der Waals surface area contributed by atoms with Gasteiger partial charge >= 0.3 is 0 Å². The van der Waals surface area contributed by atoms with E-state index in [-0.39, 0.29) is 0 Å². The van der Waals surface area contributed by atoms with E-state index in [1.165, 1.54) is 0 Å². The molecule has 0 aromatic heterocycles. The molecule has 0 spiro atoms. The average molecular weight is 163 g/mol. The van der Waals surface area contributed by atoms with Gasteiger partial charge in [-0.1, -0.05) is 17.3 Å².